The zero-order valence-electron chi connectivity index (χ0n) is 10.8. The van der Waals surface area contributed by atoms with Gasteiger partial charge >= 0.3 is 0 Å². The highest BCUT2D eigenvalue weighted by atomic mass is 16.5. The number of allylic oxidation sites excluding steroid dienone is 4. The van der Waals surface area contributed by atoms with Gasteiger partial charge in [-0.05, 0) is 23.3 Å². The molecule has 1 heterocycles. The van der Waals surface area contributed by atoms with Gasteiger partial charge in [0.15, 0.2) is 0 Å². The Hall–Kier alpha value is -2.93. The van der Waals surface area contributed by atoms with Gasteiger partial charge in [-0.1, -0.05) is 30.3 Å². The van der Waals surface area contributed by atoms with Crippen LogP contribution in [-0.4, -0.2) is 12.4 Å². The van der Waals surface area contributed by atoms with Gasteiger partial charge in [0.25, 0.3) is 0 Å². The second-order valence-corrected chi connectivity index (χ2v) is 3.90. The molecular weight excluding hydrogens is 250 g/mol. The first kappa shape index (κ1) is 13.5. The lowest BCUT2D eigenvalue weighted by atomic mass is 10.1. The molecule has 0 fully saturated rings. The van der Waals surface area contributed by atoms with Gasteiger partial charge in [-0.15, -0.1) is 0 Å². The molecule has 0 N–H and O–H groups in total. The monoisotopic (exact) mass is 263 g/mol. The molecule has 1 aromatic rings. The molecule has 20 heavy (non-hydrogen) atoms. The number of hydrogen-bond donors (Lipinski definition) is 0. The third kappa shape index (κ3) is 4.07. The van der Waals surface area contributed by atoms with Gasteiger partial charge in [0, 0.05) is 18.6 Å². The van der Waals surface area contributed by atoms with Crippen molar-refractivity contribution in [3.63, 3.8) is 0 Å². The van der Waals surface area contributed by atoms with Gasteiger partial charge in [0.1, 0.15) is 12.7 Å². The summed E-state index contributed by atoms with van der Waals surface area (Å²) in [6, 6.07) is 9.71. The normalized spacial score (nSPS) is 14.7. The third-order valence-electron chi connectivity index (χ3n) is 2.52. The number of hydrogen-bond acceptors (Lipinski definition) is 4. The van der Waals surface area contributed by atoms with Crippen LogP contribution in [0.3, 0.4) is 0 Å². The molecule has 0 saturated heterocycles. The maximum atomic E-state index is 8.97. The molecule has 4 nitrogen and oxygen atoms in total. The highest BCUT2D eigenvalue weighted by molar-refractivity contribution is 5.82. The van der Waals surface area contributed by atoms with Gasteiger partial charge in [0.2, 0.25) is 5.76 Å². The van der Waals surface area contributed by atoms with Crippen molar-refractivity contribution in [3.8, 4) is 6.07 Å². The predicted molar refractivity (Wildman–Crippen MR) is 79.3 cm³/mol. The molecule has 0 bridgehead atoms. The van der Waals surface area contributed by atoms with Crippen LogP contribution in [0, 0.1) is 11.3 Å². The van der Waals surface area contributed by atoms with Gasteiger partial charge < -0.3 is 4.74 Å². The van der Waals surface area contributed by atoms with Gasteiger partial charge in [0.05, 0.1) is 6.20 Å². The average Bonchev–Trinajstić information content (AvgIpc) is 2.49. The minimum atomic E-state index is 0.175. The molecule has 0 saturated carbocycles. The second-order valence-electron chi connectivity index (χ2n) is 3.90. The maximum Gasteiger partial charge on any atom is 0.216 e. The van der Waals surface area contributed by atoms with Crippen LogP contribution in [0.25, 0.3) is 0 Å². The van der Waals surface area contributed by atoms with E-state index in [4.69, 9.17) is 10.00 Å². The van der Waals surface area contributed by atoms with E-state index in [0.29, 0.717) is 6.61 Å². The standard InChI is InChI=1S/C16H13N3O/c17-10-16-12-19-9-5-1-4-8-18-11-14-6-2-3-7-15(14)13-20-16/h1-9,11-12H,13H2. The molecule has 0 amide bonds. The fourth-order valence-electron chi connectivity index (χ4n) is 1.54. The average molecular weight is 263 g/mol. The third-order valence-corrected chi connectivity index (χ3v) is 2.52. The Balaban J connectivity index is 2.32. The Kier molecular flexibility index (Phi) is 5.06. The van der Waals surface area contributed by atoms with Crippen molar-refractivity contribution in [3.05, 3.63) is 71.8 Å². The lowest BCUT2D eigenvalue weighted by molar-refractivity contribution is 0.213. The van der Waals surface area contributed by atoms with Crippen molar-refractivity contribution in [2.75, 3.05) is 0 Å². The number of ether oxygens (including phenoxy) is 1. The summed E-state index contributed by atoms with van der Waals surface area (Å²) in [7, 11) is 0. The van der Waals surface area contributed by atoms with Crippen LogP contribution >= 0.6 is 0 Å². The molecule has 0 spiro atoms. The summed E-state index contributed by atoms with van der Waals surface area (Å²) in [5.41, 5.74) is 1.92. The van der Waals surface area contributed by atoms with Crippen LogP contribution < -0.4 is 0 Å². The largest absolute Gasteiger partial charge is 0.478 e. The molecule has 0 radical (unpaired) electrons. The van der Waals surface area contributed by atoms with E-state index in [1.54, 1.807) is 30.8 Å². The van der Waals surface area contributed by atoms with E-state index in [1.807, 2.05) is 36.4 Å². The van der Waals surface area contributed by atoms with Crippen LogP contribution in [0.1, 0.15) is 11.1 Å². The lowest BCUT2D eigenvalue weighted by Gasteiger charge is -2.06. The number of nitrogens with zero attached hydrogens (tertiary/aromatic N) is 3. The molecule has 0 atom stereocenters. The maximum absolute atomic E-state index is 8.97. The molecule has 2 rings (SSSR count). The highest BCUT2D eigenvalue weighted by Gasteiger charge is 2.02. The zero-order chi connectivity index (χ0) is 14.0. The van der Waals surface area contributed by atoms with E-state index in [0.717, 1.165) is 11.1 Å². The van der Waals surface area contributed by atoms with E-state index in [2.05, 4.69) is 9.98 Å². The Morgan fingerprint density at radius 2 is 2.00 bits per heavy atom. The Morgan fingerprint density at radius 3 is 2.90 bits per heavy atom. The van der Waals surface area contributed by atoms with Crippen molar-refractivity contribution in [1.82, 2.24) is 0 Å². The van der Waals surface area contributed by atoms with Gasteiger partial charge in [-0.3, -0.25) is 9.98 Å². The van der Waals surface area contributed by atoms with Crippen molar-refractivity contribution in [1.29, 1.82) is 5.26 Å². The van der Waals surface area contributed by atoms with Crippen LogP contribution in [0.4, 0.5) is 0 Å². The van der Waals surface area contributed by atoms with Crippen LogP contribution in [0.15, 0.2) is 70.6 Å². The van der Waals surface area contributed by atoms with Crippen molar-refractivity contribution in [2.45, 2.75) is 6.61 Å². The van der Waals surface area contributed by atoms with Crippen LogP contribution in [-0.2, 0) is 11.3 Å². The molecular formula is C16H13N3O. The SMILES string of the molecule is N#CC1=CN=CC=CC=CN=Cc2ccccc2CO1. The fourth-order valence-corrected chi connectivity index (χ4v) is 1.54. The number of benzene rings is 1. The lowest BCUT2D eigenvalue weighted by Crippen LogP contribution is -1.97. The van der Waals surface area contributed by atoms with E-state index in [9.17, 15) is 0 Å². The van der Waals surface area contributed by atoms with E-state index in [1.165, 1.54) is 6.20 Å². The van der Waals surface area contributed by atoms with E-state index < -0.39 is 0 Å². The number of aliphatic imine (C=N–C) groups is 2. The smallest absolute Gasteiger partial charge is 0.216 e. The van der Waals surface area contributed by atoms with Gasteiger partial charge in [-0.25, -0.2) is 0 Å². The first-order valence-electron chi connectivity index (χ1n) is 6.09. The Morgan fingerprint density at radius 1 is 1.10 bits per heavy atom. The summed E-state index contributed by atoms with van der Waals surface area (Å²) in [4.78, 5) is 8.18. The summed E-state index contributed by atoms with van der Waals surface area (Å²) in [5, 5.41) is 8.97. The highest BCUT2D eigenvalue weighted by Crippen LogP contribution is 2.10. The molecule has 0 aliphatic carbocycles. The topological polar surface area (TPSA) is 57.7 Å². The van der Waals surface area contributed by atoms with E-state index in [-0.39, 0.29) is 5.76 Å². The van der Waals surface area contributed by atoms with Gasteiger partial charge in [-0.2, -0.15) is 5.26 Å². The predicted octanol–water partition coefficient (Wildman–Crippen LogP) is 3.14. The number of fused-ring (bicyclic) bond motifs is 1. The van der Waals surface area contributed by atoms with Crippen LogP contribution in [0.5, 0.6) is 0 Å². The minimum Gasteiger partial charge on any atom is -0.478 e. The number of rotatable bonds is 0. The molecule has 4 heteroatoms. The summed E-state index contributed by atoms with van der Waals surface area (Å²) in [6.07, 6.45) is 11.8. The zero-order valence-corrected chi connectivity index (χ0v) is 10.8. The Bertz CT molecular complexity index is 646. The molecule has 1 aliphatic heterocycles. The van der Waals surface area contributed by atoms with Crippen molar-refractivity contribution < 1.29 is 4.74 Å². The van der Waals surface area contributed by atoms with Crippen LogP contribution in [0.2, 0.25) is 0 Å². The quantitative estimate of drug-likeness (QED) is 0.722. The van der Waals surface area contributed by atoms with Crippen molar-refractivity contribution >= 4 is 12.4 Å². The first-order chi connectivity index (χ1) is 9.90. The summed E-state index contributed by atoms with van der Waals surface area (Å²) in [6.45, 7) is 0.302. The van der Waals surface area contributed by atoms with E-state index >= 15 is 0 Å². The molecule has 98 valence electrons. The molecule has 0 aromatic heterocycles. The Labute approximate surface area is 117 Å². The van der Waals surface area contributed by atoms with Crippen molar-refractivity contribution in [2.24, 2.45) is 9.98 Å². The summed E-state index contributed by atoms with van der Waals surface area (Å²) in [5.74, 6) is 0.175. The summed E-state index contributed by atoms with van der Waals surface area (Å²) < 4.78 is 5.45. The molecule has 0 unspecified atom stereocenters. The minimum absolute atomic E-state index is 0.175. The number of nitriles is 1. The first-order valence-corrected chi connectivity index (χ1v) is 6.09. The molecule has 1 aromatic carbocycles. The fraction of sp³-hybridized carbons (Fsp3) is 0.0625. The molecule has 1 aliphatic rings. The summed E-state index contributed by atoms with van der Waals surface area (Å²) >= 11 is 0. The second kappa shape index (κ2) is 7.49.